The molecule has 0 radical (unpaired) electrons. The first kappa shape index (κ1) is 16.5. The largest absolute Gasteiger partial charge is 0.467 e. The van der Waals surface area contributed by atoms with Gasteiger partial charge in [0.1, 0.15) is 10.1 Å². The van der Waals surface area contributed by atoms with E-state index in [1.165, 1.54) is 23.8 Å². The monoisotopic (exact) mass is 359 g/mol. The number of thioether (sulfide) groups is 1. The highest BCUT2D eigenvalue weighted by molar-refractivity contribution is 8.26. The molecule has 1 aromatic heterocycles. The molecule has 1 amide bonds. The molecule has 2 aromatic rings. The van der Waals surface area contributed by atoms with E-state index in [2.05, 4.69) is 4.74 Å². The number of methoxy groups -OCH3 is 1. The number of carbonyl (C=O) groups excluding carboxylic acids is 2. The number of hydrogen-bond donors (Lipinski definition) is 0. The fraction of sp³-hybridized carbons (Fsp3) is 0.118. The van der Waals surface area contributed by atoms with Crippen LogP contribution in [-0.2, 0) is 16.1 Å². The summed E-state index contributed by atoms with van der Waals surface area (Å²) in [5.41, 5.74) is 1.26. The molecule has 1 aliphatic rings. The van der Waals surface area contributed by atoms with Gasteiger partial charge in [0.2, 0.25) is 0 Å². The molecule has 1 aromatic carbocycles. The summed E-state index contributed by atoms with van der Waals surface area (Å²) < 4.78 is 10.4. The average Bonchev–Trinajstić information content (AvgIpc) is 3.19. The molecule has 5 nitrogen and oxygen atoms in total. The Morgan fingerprint density at radius 2 is 2.08 bits per heavy atom. The van der Waals surface area contributed by atoms with Gasteiger partial charge in [-0.25, -0.2) is 4.79 Å². The minimum Gasteiger partial charge on any atom is -0.467 e. The van der Waals surface area contributed by atoms with Crippen molar-refractivity contribution < 1.29 is 18.7 Å². The summed E-state index contributed by atoms with van der Waals surface area (Å²) in [5, 5.41) is 0. The maximum atomic E-state index is 12.5. The molecule has 1 saturated heterocycles. The molecular weight excluding hydrogens is 346 g/mol. The van der Waals surface area contributed by atoms with E-state index in [0.717, 1.165) is 5.56 Å². The van der Waals surface area contributed by atoms with Gasteiger partial charge in [-0.3, -0.25) is 9.69 Å². The van der Waals surface area contributed by atoms with Crippen LogP contribution in [-0.4, -0.2) is 28.2 Å². The molecule has 1 fully saturated rings. The van der Waals surface area contributed by atoms with Crippen LogP contribution in [0.2, 0.25) is 0 Å². The van der Waals surface area contributed by atoms with Gasteiger partial charge in [-0.15, -0.1) is 0 Å². The van der Waals surface area contributed by atoms with Crippen LogP contribution in [0.25, 0.3) is 6.08 Å². The first-order chi connectivity index (χ1) is 11.6. The Balaban J connectivity index is 1.77. The lowest BCUT2D eigenvalue weighted by Crippen LogP contribution is -2.27. The Labute approximate surface area is 148 Å². The Kier molecular flexibility index (Phi) is 4.82. The number of rotatable bonds is 4. The lowest BCUT2D eigenvalue weighted by Gasteiger charge is -2.11. The van der Waals surface area contributed by atoms with E-state index in [4.69, 9.17) is 16.6 Å². The lowest BCUT2D eigenvalue weighted by molar-refractivity contribution is -0.122. The number of thiocarbonyl (C=S) groups is 1. The molecule has 0 saturated carbocycles. The van der Waals surface area contributed by atoms with Crippen LogP contribution in [0.15, 0.2) is 52.0 Å². The Morgan fingerprint density at radius 3 is 2.71 bits per heavy atom. The van der Waals surface area contributed by atoms with E-state index in [1.807, 2.05) is 0 Å². The van der Waals surface area contributed by atoms with Crippen molar-refractivity contribution in [1.29, 1.82) is 0 Å². The van der Waals surface area contributed by atoms with Crippen LogP contribution in [0, 0.1) is 0 Å². The lowest BCUT2D eigenvalue weighted by atomic mass is 10.1. The Bertz CT molecular complexity index is 810. The van der Waals surface area contributed by atoms with E-state index in [-0.39, 0.29) is 5.91 Å². The van der Waals surface area contributed by atoms with Gasteiger partial charge in [0.25, 0.3) is 5.91 Å². The number of ether oxygens (including phenoxy) is 1. The van der Waals surface area contributed by atoms with Crippen molar-refractivity contribution in [2.75, 3.05) is 7.11 Å². The SMILES string of the molecule is COC(=O)c1ccc(/C=C2/SC(=S)N(Cc3ccco3)C2=O)cc1. The summed E-state index contributed by atoms with van der Waals surface area (Å²) in [7, 11) is 1.33. The van der Waals surface area contributed by atoms with Crippen LogP contribution in [0.1, 0.15) is 21.7 Å². The summed E-state index contributed by atoms with van der Waals surface area (Å²) in [6.45, 7) is 0.316. The van der Waals surface area contributed by atoms with Gasteiger partial charge in [0.05, 0.1) is 30.4 Å². The topological polar surface area (TPSA) is 59.8 Å². The summed E-state index contributed by atoms with van der Waals surface area (Å²) >= 11 is 6.53. The van der Waals surface area contributed by atoms with Crippen molar-refractivity contribution in [3.63, 3.8) is 0 Å². The quantitative estimate of drug-likeness (QED) is 0.473. The molecular formula is C17H13NO4S2. The minimum atomic E-state index is -0.397. The molecule has 1 aliphatic heterocycles. The van der Waals surface area contributed by atoms with Crippen molar-refractivity contribution in [1.82, 2.24) is 4.90 Å². The summed E-state index contributed by atoms with van der Waals surface area (Å²) in [4.78, 5) is 26.0. The first-order valence-corrected chi connectivity index (χ1v) is 8.27. The van der Waals surface area contributed by atoms with Crippen LogP contribution in [0.3, 0.4) is 0 Å². The van der Waals surface area contributed by atoms with Crippen LogP contribution in [0.5, 0.6) is 0 Å². The molecule has 0 spiro atoms. The number of furan rings is 1. The molecule has 0 atom stereocenters. The highest BCUT2D eigenvalue weighted by Gasteiger charge is 2.32. The zero-order chi connectivity index (χ0) is 17.1. The third kappa shape index (κ3) is 3.42. The molecule has 0 bridgehead atoms. The van der Waals surface area contributed by atoms with Gasteiger partial charge in [-0.2, -0.15) is 0 Å². The van der Waals surface area contributed by atoms with Gasteiger partial charge in [0.15, 0.2) is 0 Å². The zero-order valence-corrected chi connectivity index (χ0v) is 14.4. The number of nitrogens with zero attached hydrogens (tertiary/aromatic N) is 1. The van der Waals surface area contributed by atoms with Crippen molar-refractivity contribution in [3.8, 4) is 0 Å². The predicted molar refractivity (Wildman–Crippen MR) is 95.2 cm³/mol. The second-order valence-corrected chi connectivity index (χ2v) is 6.64. The maximum absolute atomic E-state index is 12.5. The zero-order valence-electron chi connectivity index (χ0n) is 12.7. The molecule has 0 aliphatic carbocycles. The summed E-state index contributed by atoms with van der Waals surface area (Å²) in [6.07, 6.45) is 3.31. The van der Waals surface area contributed by atoms with Gasteiger partial charge in [0, 0.05) is 0 Å². The number of amides is 1. The van der Waals surface area contributed by atoms with Crippen molar-refractivity contribution >= 4 is 46.3 Å². The fourth-order valence-corrected chi connectivity index (χ4v) is 3.43. The average molecular weight is 359 g/mol. The van der Waals surface area contributed by atoms with E-state index >= 15 is 0 Å². The smallest absolute Gasteiger partial charge is 0.337 e. The van der Waals surface area contributed by atoms with E-state index in [9.17, 15) is 9.59 Å². The van der Waals surface area contributed by atoms with Gasteiger partial charge >= 0.3 is 5.97 Å². The van der Waals surface area contributed by atoms with Crippen molar-refractivity contribution in [3.05, 3.63) is 64.5 Å². The molecule has 2 heterocycles. The van der Waals surface area contributed by atoms with Crippen LogP contribution >= 0.6 is 24.0 Å². The van der Waals surface area contributed by atoms with E-state index < -0.39 is 5.97 Å². The van der Waals surface area contributed by atoms with Crippen LogP contribution in [0.4, 0.5) is 0 Å². The second kappa shape index (κ2) is 7.02. The molecule has 7 heteroatoms. The highest BCUT2D eigenvalue weighted by atomic mass is 32.2. The summed E-state index contributed by atoms with van der Waals surface area (Å²) in [6, 6.07) is 10.4. The van der Waals surface area contributed by atoms with Crippen LogP contribution < -0.4 is 0 Å². The third-order valence-corrected chi connectivity index (χ3v) is 4.77. The summed E-state index contributed by atoms with van der Waals surface area (Å²) in [5.74, 6) is 0.125. The minimum absolute atomic E-state index is 0.154. The standard InChI is InChI=1S/C17H13NO4S2/c1-21-16(20)12-6-4-11(5-7-12)9-14-15(19)18(17(23)24-14)10-13-3-2-8-22-13/h2-9H,10H2,1H3/b14-9+. The number of esters is 1. The van der Waals surface area contributed by atoms with Gasteiger partial charge < -0.3 is 9.15 Å². The molecule has 0 N–H and O–H groups in total. The number of benzene rings is 1. The van der Waals surface area contributed by atoms with E-state index in [0.29, 0.717) is 27.1 Å². The molecule has 3 rings (SSSR count). The third-order valence-electron chi connectivity index (χ3n) is 3.40. The Hall–Kier alpha value is -2.38. The van der Waals surface area contributed by atoms with E-state index in [1.54, 1.807) is 48.7 Å². The normalized spacial score (nSPS) is 16.0. The van der Waals surface area contributed by atoms with Crippen molar-refractivity contribution in [2.24, 2.45) is 0 Å². The van der Waals surface area contributed by atoms with Gasteiger partial charge in [-0.05, 0) is 35.9 Å². The second-order valence-electron chi connectivity index (χ2n) is 4.96. The first-order valence-electron chi connectivity index (χ1n) is 7.04. The molecule has 24 heavy (non-hydrogen) atoms. The fourth-order valence-electron chi connectivity index (χ4n) is 2.18. The van der Waals surface area contributed by atoms with Gasteiger partial charge in [-0.1, -0.05) is 36.1 Å². The molecule has 122 valence electrons. The molecule has 0 unspecified atom stereocenters. The number of carbonyl (C=O) groups is 2. The predicted octanol–water partition coefficient (Wildman–Crippen LogP) is 3.47. The Morgan fingerprint density at radius 1 is 1.33 bits per heavy atom. The number of hydrogen-bond acceptors (Lipinski definition) is 6. The maximum Gasteiger partial charge on any atom is 0.337 e. The van der Waals surface area contributed by atoms with Crippen molar-refractivity contribution in [2.45, 2.75) is 6.54 Å². The highest BCUT2D eigenvalue weighted by Crippen LogP contribution is 2.33.